The molecule has 0 fully saturated rings. The standard InChI is InChI=1S/C10H10N4O/c1-14-7-9(12-13-14)10(15)5-8-3-2-4-11-6-8/h2-4,6-7H,5H2,1H3. The van der Waals surface area contributed by atoms with Crippen molar-refractivity contribution in [2.45, 2.75) is 6.42 Å². The Balaban J connectivity index is 2.11. The Morgan fingerprint density at radius 1 is 1.53 bits per heavy atom. The van der Waals surface area contributed by atoms with Gasteiger partial charge in [-0.2, -0.15) is 0 Å². The molecule has 2 heterocycles. The third-order valence-corrected chi connectivity index (χ3v) is 1.98. The van der Waals surface area contributed by atoms with Gasteiger partial charge < -0.3 is 0 Å². The number of nitrogens with zero attached hydrogens (tertiary/aromatic N) is 4. The molecule has 0 N–H and O–H groups in total. The highest BCUT2D eigenvalue weighted by Crippen LogP contribution is 2.03. The first kappa shape index (κ1) is 9.51. The van der Waals surface area contributed by atoms with Crippen molar-refractivity contribution < 1.29 is 4.79 Å². The van der Waals surface area contributed by atoms with Gasteiger partial charge in [0.25, 0.3) is 0 Å². The largest absolute Gasteiger partial charge is 0.292 e. The predicted molar refractivity (Wildman–Crippen MR) is 53.3 cm³/mol. The lowest BCUT2D eigenvalue weighted by atomic mass is 10.1. The van der Waals surface area contributed by atoms with Crippen LogP contribution in [0.1, 0.15) is 16.1 Å². The summed E-state index contributed by atoms with van der Waals surface area (Å²) >= 11 is 0. The molecule has 0 radical (unpaired) electrons. The van der Waals surface area contributed by atoms with E-state index in [0.29, 0.717) is 12.1 Å². The van der Waals surface area contributed by atoms with Crippen LogP contribution in [0.3, 0.4) is 0 Å². The van der Waals surface area contributed by atoms with E-state index in [4.69, 9.17) is 0 Å². The van der Waals surface area contributed by atoms with E-state index in [2.05, 4.69) is 15.3 Å². The molecule has 0 unspecified atom stereocenters. The zero-order chi connectivity index (χ0) is 10.7. The number of hydrogen-bond donors (Lipinski definition) is 0. The summed E-state index contributed by atoms with van der Waals surface area (Å²) in [5, 5.41) is 7.46. The molecule has 5 heteroatoms. The Morgan fingerprint density at radius 2 is 2.40 bits per heavy atom. The zero-order valence-corrected chi connectivity index (χ0v) is 8.29. The maximum Gasteiger partial charge on any atom is 0.189 e. The number of aryl methyl sites for hydroxylation is 1. The fraction of sp³-hybridized carbons (Fsp3) is 0.200. The van der Waals surface area contributed by atoms with E-state index in [-0.39, 0.29) is 5.78 Å². The Bertz CT molecular complexity index is 463. The van der Waals surface area contributed by atoms with Crippen LogP contribution in [0.2, 0.25) is 0 Å². The number of Topliss-reactive ketones (excluding diaryl/α,β-unsaturated/α-hetero) is 1. The average Bonchev–Trinajstić information content (AvgIpc) is 2.66. The van der Waals surface area contributed by atoms with Crippen LogP contribution in [-0.2, 0) is 13.5 Å². The van der Waals surface area contributed by atoms with E-state index in [1.807, 2.05) is 6.07 Å². The number of carbonyl (C=O) groups excluding carboxylic acids is 1. The lowest BCUT2D eigenvalue weighted by Crippen LogP contribution is -2.04. The van der Waals surface area contributed by atoms with E-state index < -0.39 is 0 Å². The topological polar surface area (TPSA) is 60.7 Å². The zero-order valence-electron chi connectivity index (χ0n) is 8.29. The summed E-state index contributed by atoms with van der Waals surface area (Å²) in [6.45, 7) is 0. The molecule has 76 valence electrons. The molecular weight excluding hydrogens is 192 g/mol. The van der Waals surface area contributed by atoms with Crippen LogP contribution >= 0.6 is 0 Å². The summed E-state index contributed by atoms with van der Waals surface area (Å²) < 4.78 is 1.51. The highest BCUT2D eigenvalue weighted by atomic mass is 16.1. The Morgan fingerprint density at radius 3 is 3.00 bits per heavy atom. The van der Waals surface area contributed by atoms with Gasteiger partial charge in [-0.1, -0.05) is 11.3 Å². The second kappa shape index (κ2) is 4.00. The van der Waals surface area contributed by atoms with Crippen LogP contribution in [0, 0.1) is 0 Å². The normalized spacial score (nSPS) is 10.2. The maximum atomic E-state index is 11.7. The van der Waals surface area contributed by atoms with E-state index in [1.165, 1.54) is 4.68 Å². The molecule has 0 saturated heterocycles. The van der Waals surface area contributed by atoms with Crippen molar-refractivity contribution in [3.05, 3.63) is 42.0 Å². The van der Waals surface area contributed by atoms with Crippen molar-refractivity contribution in [3.8, 4) is 0 Å². The van der Waals surface area contributed by atoms with E-state index >= 15 is 0 Å². The molecule has 0 spiro atoms. The summed E-state index contributed by atoms with van der Waals surface area (Å²) in [5.74, 6) is -0.0453. The highest BCUT2D eigenvalue weighted by Gasteiger charge is 2.10. The summed E-state index contributed by atoms with van der Waals surface area (Å²) in [6.07, 6.45) is 5.27. The first-order valence-electron chi connectivity index (χ1n) is 4.54. The Kier molecular flexibility index (Phi) is 2.53. The van der Waals surface area contributed by atoms with Crippen molar-refractivity contribution >= 4 is 5.78 Å². The fourth-order valence-electron chi connectivity index (χ4n) is 1.25. The molecule has 0 aliphatic rings. The minimum atomic E-state index is -0.0453. The van der Waals surface area contributed by atoms with Crippen LogP contribution in [0.25, 0.3) is 0 Å². The third-order valence-electron chi connectivity index (χ3n) is 1.98. The number of hydrogen-bond acceptors (Lipinski definition) is 4. The van der Waals surface area contributed by atoms with Crippen LogP contribution < -0.4 is 0 Å². The van der Waals surface area contributed by atoms with E-state index in [0.717, 1.165) is 5.56 Å². The molecule has 0 aliphatic heterocycles. The highest BCUT2D eigenvalue weighted by molar-refractivity contribution is 5.95. The van der Waals surface area contributed by atoms with Crippen molar-refractivity contribution in [1.29, 1.82) is 0 Å². The quantitative estimate of drug-likeness (QED) is 0.685. The second-order valence-electron chi connectivity index (χ2n) is 3.24. The molecule has 2 rings (SSSR count). The van der Waals surface area contributed by atoms with E-state index in [9.17, 15) is 4.79 Å². The van der Waals surface area contributed by atoms with Crippen molar-refractivity contribution in [3.63, 3.8) is 0 Å². The van der Waals surface area contributed by atoms with Crippen molar-refractivity contribution in [2.75, 3.05) is 0 Å². The van der Waals surface area contributed by atoms with Gasteiger partial charge in [0.2, 0.25) is 0 Å². The smallest absolute Gasteiger partial charge is 0.189 e. The molecule has 5 nitrogen and oxygen atoms in total. The monoisotopic (exact) mass is 202 g/mol. The fourth-order valence-corrected chi connectivity index (χ4v) is 1.25. The second-order valence-corrected chi connectivity index (χ2v) is 3.24. The SMILES string of the molecule is Cn1cc(C(=O)Cc2cccnc2)nn1. The van der Waals surface area contributed by atoms with Crippen LogP contribution in [-0.4, -0.2) is 25.8 Å². The van der Waals surface area contributed by atoms with Crippen molar-refractivity contribution in [2.24, 2.45) is 7.05 Å². The lowest BCUT2D eigenvalue weighted by Gasteiger charge is -1.96. The average molecular weight is 202 g/mol. The number of rotatable bonds is 3. The van der Waals surface area contributed by atoms with Gasteiger partial charge in [-0.15, -0.1) is 5.10 Å². The molecule has 0 aromatic carbocycles. The molecule has 15 heavy (non-hydrogen) atoms. The maximum absolute atomic E-state index is 11.7. The van der Waals surface area contributed by atoms with Gasteiger partial charge in [-0.3, -0.25) is 14.5 Å². The number of ketones is 1. The molecule has 0 bridgehead atoms. The first-order valence-corrected chi connectivity index (χ1v) is 4.54. The van der Waals surface area contributed by atoms with Crippen LogP contribution in [0.15, 0.2) is 30.7 Å². The van der Waals surface area contributed by atoms with Gasteiger partial charge in [0.15, 0.2) is 5.78 Å². The van der Waals surface area contributed by atoms with Crippen LogP contribution in [0.4, 0.5) is 0 Å². The minimum absolute atomic E-state index is 0.0453. The number of aromatic nitrogens is 4. The van der Waals surface area contributed by atoms with Gasteiger partial charge in [0, 0.05) is 25.9 Å². The number of carbonyl (C=O) groups is 1. The third kappa shape index (κ3) is 2.25. The Hall–Kier alpha value is -2.04. The molecule has 0 atom stereocenters. The first-order chi connectivity index (χ1) is 7.25. The van der Waals surface area contributed by atoms with Gasteiger partial charge in [-0.05, 0) is 11.6 Å². The lowest BCUT2D eigenvalue weighted by molar-refractivity contribution is 0.0988. The predicted octanol–water partition coefficient (Wildman–Crippen LogP) is 0.635. The molecule has 2 aromatic heterocycles. The summed E-state index contributed by atoms with van der Waals surface area (Å²) in [6, 6.07) is 3.67. The molecular formula is C10H10N4O. The van der Waals surface area contributed by atoms with Gasteiger partial charge in [-0.25, -0.2) is 0 Å². The van der Waals surface area contributed by atoms with E-state index in [1.54, 1.807) is 31.7 Å². The summed E-state index contributed by atoms with van der Waals surface area (Å²) in [4.78, 5) is 15.6. The molecule has 0 aliphatic carbocycles. The Labute approximate surface area is 86.8 Å². The van der Waals surface area contributed by atoms with Crippen LogP contribution in [0.5, 0.6) is 0 Å². The number of pyridine rings is 1. The summed E-state index contributed by atoms with van der Waals surface area (Å²) in [5.41, 5.74) is 1.27. The van der Waals surface area contributed by atoms with Crippen molar-refractivity contribution in [1.82, 2.24) is 20.0 Å². The van der Waals surface area contributed by atoms with Gasteiger partial charge in [0.1, 0.15) is 5.69 Å². The molecule has 0 amide bonds. The molecule has 2 aromatic rings. The molecule has 0 saturated carbocycles. The van der Waals surface area contributed by atoms with Gasteiger partial charge in [0.05, 0.1) is 6.20 Å². The minimum Gasteiger partial charge on any atom is -0.292 e. The van der Waals surface area contributed by atoms with Gasteiger partial charge >= 0.3 is 0 Å². The summed E-state index contributed by atoms with van der Waals surface area (Å²) in [7, 11) is 1.73.